The molecule has 0 spiro atoms. The molecule has 3 rings (SSSR count). The highest BCUT2D eigenvalue weighted by molar-refractivity contribution is 5.81. The SMILES string of the molecule is CCNC(=NCC1CCN(Cc2ccc(OC)cc2)CC1)NC1CCN(C(=O)C(C)C)C1. The van der Waals surface area contributed by atoms with E-state index >= 15 is 0 Å². The number of benzene rings is 1. The van der Waals surface area contributed by atoms with Crippen molar-refractivity contribution in [2.75, 3.05) is 46.4 Å². The Morgan fingerprint density at radius 3 is 2.50 bits per heavy atom. The number of ether oxygens (including phenoxy) is 1. The van der Waals surface area contributed by atoms with Crippen LogP contribution in [0.2, 0.25) is 0 Å². The average molecular weight is 444 g/mol. The van der Waals surface area contributed by atoms with Gasteiger partial charge in [-0.25, -0.2) is 0 Å². The lowest BCUT2D eigenvalue weighted by Gasteiger charge is -2.31. The Morgan fingerprint density at radius 1 is 1.16 bits per heavy atom. The van der Waals surface area contributed by atoms with Crippen LogP contribution in [0.1, 0.15) is 45.6 Å². The zero-order valence-corrected chi connectivity index (χ0v) is 20.3. The molecule has 7 heteroatoms. The highest BCUT2D eigenvalue weighted by Gasteiger charge is 2.28. The Balaban J connectivity index is 1.43. The molecule has 0 aromatic heterocycles. The van der Waals surface area contributed by atoms with Crippen molar-refractivity contribution < 1.29 is 9.53 Å². The van der Waals surface area contributed by atoms with Gasteiger partial charge in [-0.1, -0.05) is 26.0 Å². The summed E-state index contributed by atoms with van der Waals surface area (Å²) in [6, 6.07) is 8.66. The van der Waals surface area contributed by atoms with E-state index in [4.69, 9.17) is 9.73 Å². The molecular weight excluding hydrogens is 402 g/mol. The van der Waals surface area contributed by atoms with E-state index in [1.807, 2.05) is 30.9 Å². The van der Waals surface area contributed by atoms with E-state index in [-0.39, 0.29) is 17.9 Å². The summed E-state index contributed by atoms with van der Waals surface area (Å²) in [5.41, 5.74) is 1.34. The smallest absolute Gasteiger partial charge is 0.225 e. The Morgan fingerprint density at radius 2 is 1.88 bits per heavy atom. The van der Waals surface area contributed by atoms with Crippen LogP contribution in [-0.4, -0.2) is 74.1 Å². The fourth-order valence-corrected chi connectivity index (χ4v) is 4.49. The zero-order valence-electron chi connectivity index (χ0n) is 20.3. The van der Waals surface area contributed by atoms with Gasteiger partial charge in [-0.15, -0.1) is 0 Å². The molecule has 0 radical (unpaired) electrons. The maximum Gasteiger partial charge on any atom is 0.225 e. The fraction of sp³-hybridized carbons (Fsp3) is 0.680. The monoisotopic (exact) mass is 443 g/mol. The van der Waals surface area contributed by atoms with Crippen LogP contribution in [0.5, 0.6) is 5.75 Å². The summed E-state index contributed by atoms with van der Waals surface area (Å²) >= 11 is 0. The highest BCUT2D eigenvalue weighted by Crippen LogP contribution is 2.20. The third-order valence-corrected chi connectivity index (χ3v) is 6.46. The quantitative estimate of drug-likeness (QED) is 0.478. The van der Waals surface area contributed by atoms with Gasteiger partial charge < -0.3 is 20.3 Å². The van der Waals surface area contributed by atoms with Gasteiger partial charge in [0.2, 0.25) is 5.91 Å². The Bertz CT molecular complexity index is 741. The predicted octanol–water partition coefficient (Wildman–Crippen LogP) is 2.72. The third kappa shape index (κ3) is 7.12. The van der Waals surface area contributed by atoms with Crippen molar-refractivity contribution in [3.05, 3.63) is 29.8 Å². The number of guanidine groups is 1. The van der Waals surface area contributed by atoms with Gasteiger partial charge in [-0.05, 0) is 62.9 Å². The lowest BCUT2D eigenvalue weighted by Crippen LogP contribution is -2.45. The molecule has 2 N–H and O–H groups in total. The van der Waals surface area contributed by atoms with E-state index in [9.17, 15) is 4.79 Å². The van der Waals surface area contributed by atoms with Crippen LogP contribution in [0.15, 0.2) is 29.3 Å². The van der Waals surface area contributed by atoms with Crippen molar-refractivity contribution >= 4 is 11.9 Å². The number of methoxy groups -OCH3 is 1. The third-order valence-electron chi connectivity index (χ3n) is 6.46. The first-order valence-electron chi connectivity index (χ1n) is 12.2. The van der Waals surface area contributed by atoms with Crippen LogP contribution in [0, 0.1) is 11.8 Å². The van der Waals surface area contributed by atoms with Gasteiger partial charge in [0.05, 0.1) is 7.11 Å². The molecule has 2 aliphatic heterocycles. The number of likely N-dealkylation sites (tertiary alicyclic amines) is 2. The second kappa shape index (κ2) is 12.1. The standard InChI is InChI=1S/C25H41N5O2/c1-5-26-25(28-22-12-15-30(18-22)24(31)19(2)3)27-16-20-10-13-29(14-11-20)17-21-6-8-23(32-4)9-7-21/h6-9,19-20,22H,5,10-18H2,1-4H3,(H2,26,27,28). The number of amides is 1. The van der Waals surface area contributed by atoms with Crippen molar-refractivity contribution in [2.45, 2.75) is 52.6 Å². The molecule has 2 aliphatic rings. The van der Waals surface area contributed by atoms with Crippen LogP contribution in [-0.2, 0) is 11.3 Å². The average Bonchev–Trinajstić information content (AvgIpc) is 3.27. The van der Waals surface area contributed by atoms with E-state index in [0.717, 1.165) is 63.9 Å². The normalized spacial score (nSPS) is 20.6. The molecule has 1 amide bonds. The lowest BCUT2D eigenvalue weighted by atomic mass is 9.96. The van der Waals surface area contributed by atoms with Gasteiger partial charge in [-0.2, -0.15) is 0 Å². The number of hydrogen-bond acceptors (Lipinski definition) is 4. The summed E-state index contributed by atoms with van der Waals surface area (Å²) in [7, 11) is 1.70. The minimum atomic E-state index is 0.0613. The maximum absolute atomic E-state index is 12.2. The molecule has 2 heterocycles. The molecule has 7 nitrogen and oxygen atoms in total. The zero-order chi connectivity index (χ0) is 22.9. The molecule has 2 saturated heterocycles. The van der Waals surface area contributed by atoms with E-state index in [1.54, 1.807) is 7.11 Å². The van der Waals surface area contributed by atoms with E-state index in [0.29, 0.717) is 5.92 Å². The lowest BCUT2D eigenvalue weighted by molar-refractivity contribution is -0.133. The first-order chi connectivity index (χ1) is 15.5. The number of piperidine rings is 1. The van der Waals surface area contributed by atoms with Crippen LogP contribution < -0.4 is 15.4 Å². The van der Waals surface area contributed by atoms with Gasteiger partial charge in [0, 0.05) is 44.7 Å². The van der Waals surface area contributed by atoms with Gasteiger partial charge in [0.25, 0.3) is 0 Å². The molecule has 1 aromatic rings. The number of carbonyl (C=O) groups excluding carboxylic acids is 1. The maximum atomic E-state index is 12.2. The largest absolute Gasteiger partial charge is 0.497 e. The molecule has 0 aliphatic carbocycles. The van der Waals surface area contributed by atoms with Crippen molar-refractivity contribution in [3.63, 3.8) is 0 Å². The number of carbonyl (C=O) groups is 1. The van der Waals surface area contributed by atoms with Crippen molar-refractivity contribution in [1.29, 1.82) is 0 Å². The first kappa shape index (κ1) is 24.4. The number of rotatable bonds is 8. The molecule has 1 atom stereocenters. The molecule has 2 fully saturated rings. The predicted molar refractivity (Wildman–Crippen MR) is 130 cm³/mol. The van der Waals surface area contributed by atoms with Gasteiger partial charge in [0.1, 0.15) is 5.75 Å². The minimum Gasteiger partial charge on any atom is -0.497 e. The van der Waals surface area contributed by atoms with E-state index < -0.39 is 0 Å². The summed E-state index contributed by atoms with van der Waals surface area (Å²) in [4.78, 5) is 21.6. The van der Waals surface area contributed by atoms with E-state index in [1.165, 1.54) is 18.4 Å². The summed E-state index contributed by atoms with van der Waals surface area (Å²) in [6.45, 7) is 12.6. The van der Waals surface area contributed by atoms with Crippen LogP contribution in [0.25, 0.3) is 0 Å². The van der Waals surface area contributed by atoms with Crippen LogP contribution in [0.4, 0.5) is 0 Å². The van der Waals surface area contributed by atoms with Crippen LogP contribution >= 0.6 is 0 Å². The topological polar surface area (TPSA) is 69.2 Å². The number of aliphatic imine (C=N–C) groups is 1. The van der Waals surface area contributed by atoms with Gasteiger partial charge in [-0.3, -0.25) is 14.7 Å². The number of nitrogens with zero attached hydrogens (tertiary/aromatic N) is 3. The molecule has 1 unspecified atom stereocenters. The molecule has 0 saturated carbocycles. The van der Waals surface area contributed by atoms with Crippen molar-refractivity contribution in [3.8, 4) is 5.75 Å². The fourth-order valence-electron chi connectivity index (χ4n) is 4.49. The van der Waals surface area contributed by atoms with E-state index in [2.05, 4.69) is 34.6 Å². The second-order valence-electron chi connectivity index (χ2n) is 9.36. The molecular formula is C25H41N5O2. The van der Waals surface area contributed by atoms with Gasteiger partial charge >= 0.3 is 0 Å². The number of nitrogens with one attached hydrogen (secondary N) is 2. The summed E-state index contributed by atoms with van der Waals surface area (Å²) in [5, 5.41) is 6.94. The minimum absolute atomic E-state index is 0.0613. The summed E-state index contributed by atoms with van der Waals surface area (Å²) in [6.07, 6.45) is 3.34. The molecule has 32 heavy (non-hydrogen) atoms. The highest BCUT2D eigenvalue weighted by atomic mass is 16.5. The van der Waals surface area contributed by atoms with Crippen molar-refractivity contribution in [1.82, 2.24) is 20.4 Å². The van der Waals surface area contributed by atoms with Crippen LogP contribution in [0.3, 0.4) is 0 Å². The second-order valence-corrected chi connectivity index (χ2v) is 9.36. The summed E-state index contributed by atoms with van der Waals surface area (Å²) < 4.78 is 5.25. The number of hydrogen-bond donors (Lipinski definition) is 2. The molecule has 178 valence electrons. The molecule has 0 bridgehead atoms. The van der Waals surface area contributed by atoms with Gasteiger partial charge in [0.15, 0.2) is 5.96 Å². The summed E-state index contributed by atoms with van der Waals surface area (Å²) in [5.74, 6) is 2.73. The Kier molecular flexibility index (Phi) is 9.21. The first-order valence-corrected chi connectivity index (χ1v) is 12.2. The van der Waals surface area contributed by atoms with Crippen molar-refractivity contribution in [2.24, 2.45) is 16.8 Å². The Labute approximate surface area is 193 Å². The Hall–Kier alpha value is -2.28. The molecule has 1 aromatic carbocycles.